The summed E-state index contributed by atoms with van der Waals surface area (Å²) in [6.45, 7) is 0.841. The molecule has 0 aliphatic rings. The number of hydrogen-bond donors (Lipinski definition) is 0. The first-order valence-electron chi connectivity index (χ1n) is 5.58. The average Bonchev–Trinajstić information content (AvgIpc) is 2.42. The van der Waals surface area contributed by atoms with E-state index in [2.05, 4.69) is 0 Å². The van der Waals surface area contributed by atoms with Crippen molar-refractivity contribution in [2.24, 2.45) is 0 Å². The minimum Gasteiger partial charge on any atom is -0.280 e. The maximum atomic E-state index is 13.5. The lowest BCUT2D eigenvalue weighted by Crippen LogP contribution is -2.32. The lowest BCUT2D eigenvalue weighted by molar-refractivity contribution is -0.111. The van der Waals surface area contributed by atoms with Gasteiger partial charge in [0, 0.05) is 6.54 Å². The smallest absolute Gasteiger partial charge is 0.236 e. The van der Waals surface area contributed by atoms with Gasteiger partial charge < -0.3 is 0 Å². The molecular weight excluding hydrogens is 341 g/mol. The molecule has 118 valence electrons. The van der Waals surface area contributed by atoms with E-state index in [1.54, 1.807) is 6.92 Å². The van der Waals surface area contributed by atoms with Crippen LogP contribution in [0.15, 0.2) is 4.90 Å². The molecule has 1 aromatic carbocycles. The van der Waals surface area contributed by atoms with Crippen molar-refractivity contribution in [1.29, 1.82) is 0 Å². The molecule has 0 fully saturated rings. The number of halogens is 6. The molecular formula is C11H9ClF5NO2S. The van der Waals surface area contributed by atoms with E-state index in [4.69, 9.17) is 11.6 Å². The number of rotatable bonds is 6. The number of nitrogens with zero attached hydrogens (tertiary/aromatic N) is 1. The monoisotopic (exact) mass is 349 g/mol. The highest BCUT2D eigenvalue weighted by molar-refractivity contribution is 7.82. The fourth-order valence-corrected chi connectivity index (χ4v) is 3.02. The van der Waals surface area contributed by atoms with Gasteiger partial charge in [0.05, 0.1) is 6.54 Å². The minimum atomic E-state index is -2.76. The van der Waals surface area contributed by atoms with Gasteiger partial charge in [-0.3, -0.25) is 4.79 Å². The maximum Gasteiger partial charge on any atom is 0.236 e. The third-order valence-corrected chi connectivity index (χ3v) is 3.96. The van der Waals surface area contributed by atoms with E-state index < -0.39 is 56.8 Å². The first-order chi connectivity index (χ1) is 9.72. The first-order valence-corrected chi connectivity index (χ1v) is 7.07. The zero-order valence-electron chi connectivity index (χ0n) is 10.6. The number of carbonyl (C=O) groups excluding carboxylic acids is 1. The molecule has 1 atom stereocenters. The Labute approximate surface area is 124 Å². The van der Waals surface area contributed by atoms with Crippen molar-refractivity contribution in [2.45, 2.75) is 18.2 Å². The van der Waals surface area contributed by atoms with Crippen LogP contribution in [0.25, 0.3) is 0 Å². The van der Waals surface area contributed by atoms with Crippen LogP contribution >= 0.6 is 11.6 Å². The Kier molecular flexibility index (Phi) is 6.24. The molecule has 0 saturated heterocycles. The molecule has 3 nitrogen and oxygen atoms in total. The van der Waals surface area contributed by atoms with Crippen LogP contribution in [0, 0.1) is 29.1 Å². The molecule has 0 amide bonds. The Balaban J connectivity index is 3.37. The predicted octanol–water partition coefficient (Wildman–Crippen LogP) is 2.88. The van der Waals surface area contributed by atoms with Gasteiger partial charge in [-0.15, -0.1) is 0 Å². The summed E-state index contributed by atoms with van der Waals surface area (Å²) >= 11 is 5.10. The van der Waals surface area contributed by atoms with E-state index >= 15 is 0 Å². The Morgan fingerprint density at radius 2 is 1.48 bits per heavy atom. The summed E-state index contributed by atoms with van der Waals surface area (Å²) in [5, 5.41) is -0.985. The quantitative estimate of drug-likeness (QED) is 0.343. The van der Waals surface area contributed by atoms with Crippen molar-refractivity contribution in [3.05, 3.63) is 29.1 Å². The van der Waals surface area contributed by atoms with Gasteiger partial charge in [-0.05, 0) is 18.0 Å². The van der Waals surface area contributed by atoms with Crippen LogP contribution in [0.3, 0.4) is 0 Å². The first kappa shape index (κ1) is 18.0. The lowest BCUT2D eigenvalue weighted by atomic mass is 10.3. The van der Waals surface area contributed by atoms with Gasteiger partial charge in [-0.2, -0.15) is 0 Å². The van der Waals surface area contributed by atoms with Gasteiger partial charge in [0.15, 0.2) is 23.3 Å². The van der Waals surface area contributed by atoms with Crippen molar-refractivity contribution in [3.63, 3.8) is 0 Å². The summed E-state index contributed by atoms with van der Waals surface area (Å²) in [6, 6.07) is 0. The third kappa shape index (κ3) is 3.78. The van der Waals surface area contributed by atoms with Crippen molar-refractivity contribution < 1.29 is 31.0 Å². The molecule has 1 rings (SSSR count). The van der Waals surface area contributed by atoms with Crippen LogP contribution < -0.4 is 0 Å². The van der Waals surface area contributed by atoms with Crippen LogP contribution in [0.4, 0.5) is 22.0 Å². The molecule has 0 N–H and O–H groups in total. The second-order valence-electron chi connectivity index (χ2n) is 3.87. The van der Waals surface area contributed by atoms with Gasteiger partial charge in [0.2, 0.25) is 11.1 Å². The molecule has 21 heavy (non-hydrogen) atoms. The van der Waals surface area contributed by atoms with Crippen LogP contribution in [0.1, 0.15) is 13.3 Å². The standard InChI is InChI=1S/C11H9ClF5NO2S/c1-2-3-18(4-5(12)19)21(20)11-9(16)7(14)6(13)8(15)10(11)17/h2-4H2,1H3. The summed E-state index contributed by atoms with van der Waals surface area (Å²) in [6.07, 6.45) is 0.311. The van der Waals surface area contributed by atoms with Gasteiger partial charge in [0.1, 0.15) is 15.9 Å². The van der Waals surface area contributed by atoms with E-state index in [1.807, 2.05) is 0 Å². The van der Waals surface area contributed by atoms with Gasteiger partial charge in [0.25, 0.3) is 0 Å². The highest BCUT2D eigenvalue weighted by atomic mass is 35.5. The highest BCUT2D eigenvalue weighted by Gasteiger charge is 2.31. The van der Waals surface area contributed by atoms with Crippen LogP contribution in [0.2, 0.25) is 0 Å². The molecule has 0 saturated carbocycles. The van der Waals surface area contributed by atoms with Crippen molar-refractivity contribution in [2.75, 3.05) is 13.1 Å². The SMILES string of the molecule is CCCN(CC(=O)Cl)S(=O)c1c(F)c(F)c(F)c(F)c1F. The highest BCUT2D eigenvalue weighted by Crippen LogP contribution is 2.27. The molecule has 0 aliphatic heterocycles. The van der Waals surface area contributed by atoms with E-state index in [0.717, 1.165) is 0 Å². The van der Waals surface area contributed by atoms with Crippen LogP contribution in [-0.4, -0.2) is 26.8 Å². The summed E-state index contributed by atoms with van der Waals surface area (Å²) < 4.78 is 78.8. The molecule has 0 bridgehead atoms. The normalized spacial score (nSPS) is 12.8. The van der Waals surface area contributed by atoms with Gasteiger partial charge in [-0.1, -0.05) is 6.92 Å². The zero-order valence-corrected chi connectivity index (χ0v) is 12.1. The molecule has 0 spiro atoms. The minimum absolute atomic E-state index is 0.0927. The van der Waals surface area contributed by atoms with E-state index in [-0.39, 0.29) is 6.54 Å². The Bertz CT molecular complexity index is 569. The summed E-state index contributed by atoms with van der Waals surface area (Å²) in [5.74, 6) is -11.2. The lowest BCUT2D eigenvalue weighted by Gasteiger charge is -2.19. The molecule has 0 aliphatic carbocycles. The van der Waals surface area contributed by atoms with Crippen molar-refractivity contribution >= 4 is 27.8 Å². The van der Waals surface area contributed by atoms with E-state index in [1.165, 1.54) is 0 Å². The summed E-state index contributed by atoms with van der Waals surface area (Å²) in [7, 11) is -2.76. The second kappa shape index (κ2) is 7.28. The second-order valence-corrected chi connectivity index (χ2v) is 5.71. The van der Waals surface area contributed by atoms with Gasteiger partial charge >= 0.3 is 0 Å². The Morgan fingerprint density at radius 1 is 1.05 bits per heavy atom. The third-order valence-electron chi connectivity index (χ3n) is 2.35. The Hall–Kier alpha value is -1.06. The number of carbonyl (C=O) groups is 1. The predicted molar refractivity (Wildman–Crippen MR) is 65.4 cm³/mol. The number of hydrogen-bond acceptors (Lipinski definition) is 2. The number of benzene rings is 1. The van der Waals surface area contributed by atoms with Gasteiger partial charge in [-0.25, -0.2) is 30.5 Å². The molecule has 0 heterocycles. The summed E-state index contributed by atoms with van der Waals surface area (Å²) in [4.78, 5) is 9.31. The maximum absolute atomic E-state index is 13.5. The zero-order chi connectivity index (χ0) is 16.3. The van der Waals surface area contributed by atoms with Crippen molar-refractivity contribution in [1.82, 2.24) is 4.31 Å². The molecule has 1 aromatic rings. The molecule has 1 unspecified atom stereocenters. The van der Waals surface area contributed by atoms with E-state index in [9.17, 15) is 31.0 Å². The summed E-state index contributed by atoms with van der Waals surface area (Å²) in [5.41, 5.74) is 0. The largest absolute Gasteiger partial charge is 0.280 e. The molecule has 0 aromatic heterocycles. The fraction of sp³-hybridized carbons (Fsp3) is 0.364. The fourth-order valence-electron chi connectivity index (χ4n) is 1.48. The van der Waals surface area contributed by atoms with Crippen LogP contribution in [0.5, 0.6) is 0 Å². The molecule has 0 radical (unpaired) electrons. The van der Waals surface area contributed by atoms with Crippen molar-refractivity contribution in [3.8, 4) is 0 Å². The topological polar surface area (TPSA) is 37.4 Å². The van der Waals surface area contributed by atoms with Crippen LogP contribution in [-0.2, 0) is 15.8 Å². The van der Waals surface area contributed by atoms with E-state index in [0.29, 0.717) is 10.7 Å². The average molecular weight is 350 g/mol. The molecule has 10 heteroatoms. The Morgan fingerprint density at radius 3 is 1.86 bits per heavy atom.